The fourth-order valence-electron chi connectivity index (χ4n) is 3.21. The highest BCUT2D eigenvalue weighted by Crippen LogP contribution is 2.25. The molecule has 1 aliphatic rings. The number of benzene rings is 1. The van der Waals surface area contributed by atoms with Crippen LogP contribution in [-0.2, 0) is 27.8 Å². The van der Waals surface area contributed by atoms with Crippen molar-refractivity contribution >= 4 is 37.5 Å². The maximum atomic E-state index is 12.3. The van der Waals surface area contributed by atoms with E-state index in [0.717, 1.165) is 28.8 Å². The Hall–Kier alpha value is -2.56. The van der Waals surface area contributed by atoms with Crippen molar-refractivity contribution in [3.8, 4) is 0 Å². The van der Waals surface area contributed by atoms with Gasteiger partial charge in [0, 0.05) is 30.3 Å². The summed E-state index contributed by atoms with van der Waals surface area (Å²) in [5.41, 5.74) is 1.57. The first kappa shape index (κ1) is 21.7. The second kappa shape index (κ2) is 8.52. The van der Waals surface area contributed by atoms with Gasteiger partial charge in [0.15, 0.2) is 0 Å². The van der Waals surface area contributed by atoms with Gasteiger partial charge < -0.3 is 10.3 Å². The van der Waals surface area contributed by atoms with Crippen LogP contribution < -0.4 is 15.6 Å². The molecule has 2 heterocycles. The number of aryl methyl sites for hydroxylation is 3. The number of amides is 1. The van der Waals surface area contributed by atoms with Crippen molar-refractivity contribution in [3.05, 3.63) is 56.4 Å². The van der Waals surface area contributed by atoms with Gasteiger partial charge in [0.05, 0.1) is 10.3 Å². The van der Waals surface area contributed by atoms with E-state index in [1.54, 1.807) is 24.3 Å². The SMILES string of the molecule is Cc1sc2nc(CCC(=O)NCc3ccc(S(=O)(=O)NC4CC4)cc3)[nH]c(=O)c2c1C. The quantitative estimate of drug-likeness (QED) is 0.476. The van der Waals surface area contributed by atoms with Crippen LogP contribution in [0.1, 0.15) is 41.1 Å². The lowest BCUT2D eigenvalue weighted by Crippen LogP contribution is -2.26. The zero-order valence-electron chi connectivity index (χ0n) is 17.3. The molecular formula is C21H24N4O4S2. The van der Waals surface area contributed by atoms with Crippen molar-refractivity contribution in [2.75, 3.05) is 0 Å². The van der Waals surface area contributed by atoms with Gasteiger partial charge in [-0.2, -0.15) is 0 Å². The molecule has 0 spiro atoms. The molecule has 1 aliphatic carbocycles. The number of H-pyrrole nitrogens is 1. The number of sulfonamides is 1. The van der Waals surface area contributed by atoms with E-state index in [4.69, 9.17) is 0 Å². The van der Waals surface area contributed by atoms with E-state index in [0.29, 0.717) is 29.0 Å². The molecule has 3 aromatic rings. The summed E-state index contributed by atoms with van der Waals surface area (Å²) in [6, 6.07) is 6.52. The minimum atomic E-state index is -3.48. The van der Waals surface area contributed by atoms with Crippen LogP contribution in [0.2, 0.25) is 0 Å². The lowest BCUT2D eigenvalue weighted by molar-refractivity contribution is -0.121. The van der Waals surface area contributed by atoms with Gasteiger partial charge in [0.1, 0.15) is 10.7 Å². The number of hydrogen-bond donors (Lipinski definition) is 3. The number of aromatic amines is 1. The van der Waals surface area contributed by atoms with Crippen LogP contribution in [0.3, 0.4) is 0 Å². The van der Waals surface area contributed by atoms with Gasteiger partial charge in [-0.3, -0.25) is 9.59 Å². The lowest BCUT2D eigenvalue weighted by atomic mass is 10.2. The van der Waals surface area contributed by atoms with Crippen molar-refractivity contribution < 1.29 is 13.2 Å². The smallest absolute Gasteiger partial charge is 0.259 e. The molecule has 0 saturated heterocycles. The number of rotatable bonds is 8. The predicted molar refractivity (Wildman–Crippen MR) is 120 cm³/mol. The Kier molecular flexibility index (Phi) is 5.96. The third-order valence-electron chi connectivity index (χ3n) is 5.30. The minimum absolute atomic E-state index is 0.0574. The fraction of sp³-hybridized carbons (Fsp3) is 0.381. The van der Waals surface area contributed by atoms with E-state index in [1.165, 1.54) is 11.3 Å². The fourth-order valence-corrected chi connectivity index (χ4v) is 5.57. The standard InChI is InChI=1S/C21H24N4O4S2/c1-12-13(2)30-21-19(12)20(27)23-17(24-21)9-10-18(26)22-11-14-3-7-16(8-4-14)31(28,29)25-15-5-6-15/h3-4,7-8,15,25H,5-6,9-11H2,1-2H3,(H,22,26)(H,23,24,27). The topological polar surface area (TPSA) is 121 Å². The number of carbonyl (C=O) groups excluding carboxylic acids is 1. The highest BCUT2D eigenvalue weighted by molar-refractivity contribution is 7.89. The van der Waals surface area contributed by atoms with Crippen LogP contribution in [0.4, 0.5) is 0 Å². The summed E-state index contributed by atoms with van der Waals surface area (Å²) in [5, 5.41) is 3.43. The Morgan fingerprint density at radius 1 is 1.23 bits per heavy atom. The molecule has 0 unspecified atom stereocenters. The molecule has 1 saturated carbocycles. The third-order valence-corrected chi connectivity index (χ3v) is 7.94. The summed E-state index contributed by atoms with van der Waals surface area (Å²) in [4.78, 5) is 33.8. The normalized spacial score (nSPS) is 14.1. The van der Waals surface area contributed by atoms with Crippen molar-refractivity contribution in [1.29, 1.82) is 0 Å². The Balaban J connectivity index is 1.31. The van der Waals surface area contributed by atoms with Gasteiger partial charge in [0.2, 0.25) is 15.9 Å². The van der Waals surface area contributed by atoms with Crippen LogP contribution >= 0.6 is 11.3 Å². The van der Waals surface area contributed by atoms with E-state index in [9.17, 15) is 18.0 Å². The van der Waals surface area contributed by atoms with Crippen LogP contribution in [0.25, 0.3) is 10.2 Å². The van der Waals surface area contributed by atoms with Crippen LogP contribution in [0.5, 0.6) is 0 Å². The zero-order chi connectivity index (χ0) is 22.2. The molecule has 8 nitrogen and oxygen atoms in total. The Morgan fingerprint density at radius 2 is 1.94 bits per heavy atom. The van der Waals surface area contributed by atoms with Crippen LogP contribution in [0, 0.1) is 13.8 Å². The summed E-state index contributed by atoms with van der Waals surface area (Å²) in [6.07, 6.45) is 2.28. The van der Waals surface area contributed by atoms with Gasteiger partial charge in [0.25, 0.3) is 5.56 Å². The average molecular weight is 461 g/mol. The van der Waals surface area contributed by atoms with Gasteiger partial charge >= 0.3 is 0 Å². The molecule has 10 heteroatoms. The molecule has 164 valence electrons. The second-order valence-corrected chi connectivity index (χ2v) is 10.7. The van der Waals surface area contributed by atoms with E-state index < -0.39 is 10.0 Å². The monoisotopic (exact) mass is 460 g/mol. The van der Waals surface area contributed by atoms with Crippen molar-refractivity contribution in [1.82, 2.24) is 20.0 Å². The van der Waals surface area contributed by atoms with Gasteiger partial charge in [-0.15, -0.1) is 11.3 Å². The van der Waals surface area contributed by atoms with Crippen LogP contribution in [0.15, 0.2) is 34.0 Å². The van der Waals surface area contributed by atoms with E-state index in [1.807, 2.05) is 13.8 Å². The van der Waals surface area contributed by atoms with E-state index >= 15 is 0 Å². The summed E-state index contributed by atoms with van der Waals surface area (Å²) < 4.78 is 27.0. The van der Waals surface area contributed by atoms with Gasteiger partial charge in [-0.05, 0) is 49.9 Å². The lowest BCUT2D eigenvalue weighted by Gasteiger charge is -2.08. The summed E-state index contributed by atoms with van der Waals surface area (Å²) in [6.45, 7) is 4.16. The largest absolute Gasteiger partial charge is 0.352 e. The summed E-state index contributed by atoms with van der Waals surface area (Å²) >= 11 is 1.48. The first-order valence-corrected chi connectivity index (χ1v) is 12.4. The molecule has 31 heavy (non-hydrogen) atoms. The molecule has 0 atom stereocenters. The van der Waals surface area contributed by atoms with Gasteiger partial charge in [-0.25, -0.2) is 18.1 Å². The third kappa shape index (κ3) is 5.03. The number of nitrogens with zero attached hydrogens (tertiary/aromatic N) is 1. The first-order chi connectivity index (χ1) is 14.7. The molecule has 1 fully saturated rings. The molecule has 0 aliphatic heterocycles. The highest BCUT2D eigenvalue weighted by Gasteiger charge is 2.27. The highest BCUT2D eigenvalue weighted by atomic mass is 32.2. The maximum Gasteiger partial charge on any atom is 0.259 e. The van der Waals surface area contributed by atoms with Crippen molar-refractivity contribution in [3.63, 3.8) is 0 Å². The van der Waals surface area contributed by atoms with E-state index in [-0.39, 0.29) is 28.8 Å². The molecule has 3 N–H and O–H groups in total. The molecule has 4 rings (SSSR count). The van der Waals surface area contributed by atoms with Crippen molar-refractivity contribution in [2.24, 2.45) is 0 Å². The molecule has 0 bridgehead atoms. The molecule has 0 radical (unpaired) electrons. The average Bonchev–Trinajstić information content (AvgIpc) is 3.48. The number of carbonyl (C=O) groups is 1. The van der Waals surface area contributed by atoms with Gasteiger partial charge in [-0.1, -0.05) is 12.1 Å². The van der Waals surface area contributed by atoms with Crippen LogP contribution in [-0.4, -0.2) is 30.3 Å². The minimum Gasteiger partial charge on any atom is -0.352 e. The number of nitrogens with one attached hydrogen (secondary N) is 3. The second-order valence-electron chi connectivity index (χ2n) is 7.79. The summed E-state index contributed by atoms with van der Waals surface area (Å²) in [5.74, 6) is 0.319. The first-order valence-electron chi connectivity index (χ1n) is 10.1. The number of thiophene rings is 1. The number of hydrogen-bond acceptors (Lipinski definition) is 6. The molecule has 2 aromatic heterocycles. The molecule has 1 amide bonds. The Labute approximate surface area is 184 Å². The predicted octanol–water partition coefficient (Wildman–Crippen LogP) is 2.29. The van der Waals surface area contributed by atoms with Crippen molar-refractivity contribution in [2.45, 2.75) is 57.0 Å². The number of fused-ring (bicyclic) bond motifs is 1. The van der Waals surface area contributed by atoms with E-state index in [2.05, 4.69) is 20.0 Å². The zero-order valence-corrected chi connectivity index (χ0v) is 19.0. The Bertz CT molecular complexity index is 1290. The molecule has 1 aromatic carbocycles. The Morgan fingerprint density at radius 3 is 2.61 bits per heavy atom. The maximum absolute atomic E-state index is 12.3. The molecular weight excluding hydrogens is 436 g/mol. The summed E-state index contributed by atoms with van der Waals surface area (Å²) in [7, 11) is -3.48. The number of aromatic nitrogens is 2.